The van der Waals surface area contributed by atoms with Crippen molar-refractivity contribution in [3.05, 3.63) is 52.8 Å². The van der Waals surface area contributed by atoms with E-state index < -0.39 is 0 Å². The molecule has 6 heteroatoms. The van der Waals surface area contributed by atoms with Crippen molar-refractivity contribution in [2.45, 2.75) is 26.9 Å². The molecule has 0 N–H and O–H groups in total. The molecule has 1 aliphatic heterocycles. The number of aryl methyl sites for hydroxylation is 1. The minimum atomic E-state index is -0.0979. The van der Waals surface area contributed by atoms with Crippen molar-refractivity contribution in [3.8, 4) is 0 Å². The maximum absolute atomic E-state index is 12.7. The van der Waals surface area contributed by atoms with Gasteiger partial charge in [0.25, 0.3) is 0 Å². The Labute approximate surface area is 154 Å². The highest BCUT2D eigenvalue weighted by molar-refractivity contribution is 6.30. The molecule has 1 amide bonds. The number of nitrogens with zero attached hydrogens (tertiary/aromatic N) is 4. The molecule has 25 heavy (non-hydrogen) atoms. The predicted molar refractivity (Wildman–Crippen MR) is 99.4 cm³/mol. The van der Waals surface area contributed by atoms with Crippen molar-refractivity contribution < 1.29 is 4.79 Å². The van der Waals surface area contributed by atoms with Crippen LogP contribution in [0.3, 0.4) is 0 Å². The van der Waals surface area contributed by atoms with Crippen LogP contribution in [0.5, 0.6) is 0 Å². The van der Waals surface area contributed by atoms with Gasteiger partial charge in [0.15, 0.2) is 0 Å². The van der Waals surface area contributed by atoms with Crippen molar-refractivity contribution in [2.24, 2.45) is 5.92 Å². The number of hydrogen-bond acceptors (Lipinski definition) is 3. The fraction of sp³-hybridized carbons (Fsp3) is 0.474. The van der Waals surface area contributed by atoms with E-state index in [1.165, 1.54) is 11.1 Å². The molecule has 2 aromatic rings. The van der Waals surface area contributed by atoms with Crippen LogP contribution in [-0.2, 0) is 17.9 Å². The first kappa shape index (κ1) is 18.0. The Bertz CT molecular complexity index is 722. The standard InChI is InChI=1S/C19H25ClN4O/c1-15-4-3-5-17(10-15)13-22-6-8-23(9-7-22)19(25)16(2)12-24-14-18(20)11-21-24/h3-5,10-11,14,16H,6-9,12-13H2,1-2H3. The molecule has 0 saturated carbocycles. The zero-order valence-corrected chi connectivity index (χ0v) is 15.6. The van der Waals surface area contributed by atoms with E-state index in [-0.39, 0.29) is 11.8 Å². The zero-order valence-electron chi connectivity index (χ0n) is 14.9. The molecule has 1 saturated heterocycles. The van der Waals surface area contributed by atoms with Gasteiger partial charge >= 0.3 is 0 Å². The van der Waals surface area contributed by atoms with Gasteiger partial charge in [0.2, 0.25) is 5.91 Å². The van der Waals surface area contributed by atoms with Gasteiger partial charge in [0, 0.05) is 38.9 Å². The highest BCUT2D eigenvalue weighted by Gasteiger charge is 2.25. The van der Waals surface area contributed by atoms with Crippen molar-refractivity contribution in [1.29, 1.82) is 0 Å². The Kier molecular flexibility index (Phi) is 5.76. The molecule has 5 nitrogen and oxygen atoms in total. The average molecular weight is 361 g/mol. The SMILES string of the molecule is Cc1cccc(CN2CCN(C(=O)C(C)Cn3cc(Cl)cn3)CC2)c1. The number of carbonyl (C=O) groups is 1. The molecular weight excluding hydrogens is 336 g/mol. The first-order valence-electron chi connectivity index (χ1n) is 8.76. The lowest BCUT2D eigenvalue weighted by Gasteiger charge is -2.36. The van der Waals surface area contributed by atoms with E-state index in [0.717, 1.165) is 32.7 Å². The third kappa shape index (κ3) is 4.83. The van der Waals surface area contributed by atoms with Crippen LogP contribution in [-0.4, -0.2) is 51.7 Å². The Balaban J connectivity index is 1.48. The van der Waals surface area contributed by atoms with Crippen LogP contribution >= 0.6 is 11.6 Å². The number of halogens is 1. The number of aromatic nitrogens is 2. The van der Waals surface area contributed by atoms with Gasteiger partial charge in [0.05, 0.1) is 23.7 Å². The summed E-state index contributed by atoms with van der Waals surface area (Å²) in [4.78, 5) is 17.0. The van der Waals surface area contributed by atoms with Gasteiger partial charge in [0.1, 0.15) is 0 Å². The fourth-order valence-corrected chi connectivity index (χ4v) is 3.46. The summed E-state index contributed by atoms with van der Waals surface area (Å²) in [6.45, 7) is 9.00. The lowest BCUT2D eigenvalue weighted by atomic mass is 10.1. The minimum Gasteiger partial charge on any atom is -0.340 e. The van der Waals surface area contributed by atoms with Crippen LogP contribution in [0.15, 0.2) is 36.7 Å². The van der Waals surface area contributed by atoms with Gasteiger partial charge in [-0.25, -0.2) is 0 Å². The van der Waals surface area contributed by atoms with E-state index >= 15 is 0 Å². The van der Waals surface area contributed by atoms with Crippen LogP contribution in [0.25, 0.3) is 0 Å². The summed E-state index contributed by atoms with van der Waals surface area (Å²) in [5.41, 5.74) is 2.63. The van der Waals surface area contributed by atoms with E-state index in [2.05, 4.69) is 41.2 Å². The van der Waals surface area contributed by atoms with Gasteiger partial charge < -0.3 is 4.90 Å². The number of rotatable bonds is 5. The first-order chi connectivity index (χ1) is 12.0. The van der Waals surface area contributed by atoms with Crippen molar-refractivity contribution in [3.63, 3.8) is 0 Å². The molecule has 0 aliphatic carbocycles. The molecule has 1 aromatic heterocycles. The minimum absolute atomic E-state index is 0.0979. The summed E-state index contributed by atoms with van der Waals surface area (Å²) in [6, 6.07) is 8.62. The monoisotopic (exact) mass is 360 g/mol. The second-order valence-electron chi connectivity index (χ2n) is 6.87. The largest absolute Gasteiger partial charge is 0.340 e. The number of benzene rings is 1. The molecule has 0 radical (unpaired) electrons. The smallest absolute Gasteiger partial charge is 0.227 e. The normalized spacial score (nSPS) is 16.8. The lowest BCUT2D eigenvalue weighted by Crippen LogP contribution is -2.50. The summed E-state index contributed by atoms with van der Waals surface area (Å²) >= 11 is 5.88. The van der Waals surface area contributed by atoms with Crippen molar-refractivity contribution in [2.75, 3.05) is 26.2 Å². The second kappa shape index (κ2) is 8.02. The van der Waals surface area contributed by atoms with E-state index in [0.29, 0.717) is 11.6 Å². The Morgan fingerprint density at radius 1 is 1.28 bits per heavy atom. The van der Waals surface area contributed by atoms with E-state index in [1.54, 1.807) is 17.1 Å². The third-order valence-electron chi connectivity index (χ3n) is 4.66. The van der Waals surface area contributed by atoms with Crippen molar-refractivity contribution in [1.82, 2.24) is 19.6 Å². The maximum atomic E-state index is 12.7. The maximum Gasteiger partial charge on any atom is 0.227 e. The molecule has 1 unspecified atom stereocenters. The van der Waals surface area contributed by atoms with E-state index in [4.69, 9.17) is 11.6 Å². The van der Waals surface area contributed by atoms with Crippen LogP contribution in [0.4, 0.5) is 0 Å². The molecule has 0 bridgehead atoms. The van der Waals surface area contributed by atoms with E-state index in [9.17, 15) is 4.79 Å². The van der Waals surface area contributed by atoms with Gasteiger partial charge in [-0.2, -0.15) is 5.10 Å². The second-order valence-corrected chi connectivity index (χ2v) is 7.31. The number of hydrogen-bond donors (Lipinski definition) is 0. The summed E-state index contributed by atoms with van der Waals surface area (Å²) in [6.07, 6.45) is 3.36. The fourth-order valence-electron chi connectivity index (χ4n) is 3.30. The van der Waals surface area contributed by atoms with Gasteiger partial charge in [-0.05, 0) is 12.5 Å². The van der Waals surface area contributed by atoms with Gasteiger partial charge in [-0.1, -0.05) is 48.4 Å². The Morgan fingerprint density at radius 3 is 2.68 bits per heavy atom. The highest BCUT2D eigenvalue weighted by atomic mass is 35.5. The summed E-state index contributed by atoms with van der Waals surface area (Å²) in [5.74, 6) is 0.0983. The third-order valence-corrected chi connectivity index (χ3v) is 4.85. The molecule has 2 heterocycles. The molecule has 134 valence electrons. The summed E-state index contributed by atoms with van der Waals surface area (Å²) in [7, 11) is 0. The molecule has 0 spiro atoms. The highest BCUT2D eigenvalue weighted by Crippen LogP contribution is 2.14. The summed E-state index contributed by atoms with van der Waals surface area (Å²) in [5, 5.41) is 4.76. The van der Waals surface area contributed by atoms with Gasteiger partial charge in [-0.15, -0.1) is 0 Å². The van der Waals surface area contributed by atoms with Crippen LogP contribution < -0.4 is 0 Å². The molecule has 1 aromatic carbocycles. The molecule has 1 atom stereocenters. The average Bonchev–Trinajstić information content (AvgIpc) is 3.00. The Morgan fingerprint density at radius 2 is 2.04 bits per heavy atom. The van der Waals surface area contributed by atoms with Crippen LogP contribution in [0.1, 0.15) is 18.1 Å². The molecule has 1 fully saturated rings. The summed E-state index contributed by atoms with van der Waals surface area (Å²) < 4.78 is 1.74. The van der Waals surface area contributed by atoms with Gasteiger partial charge in [-0.3, -0.25) is 14.4 Å². The Hall–Kier alpha value is -1.85. The molecular formula is C19H25ClN4O. The number of amides is 1. The van der Waals surface area contributed by atoms with Crippen LogP contribution in [0, 0.1) is 12.8 Å². The number of carbonyl (C=O) groups excluding carboxylic acids is 1. The predicted octanol–water partition coefficient (Wildman–Crippen LogP) is 2.83. The first-order valence-corrected chi connectivity index (χ1v) is 9.13. The number of piperazine rings is 1. The zero-order chi connectivity index (χ0) is 17.8. The molecule has 1 aliphatic rings. The van der Waals surface area contributed by atoms with E-state index in [1.807, 2.05) is 11.8 Å². The lowest BCUT2D eigenvalue weighted by molar-refractivity contribution is -0.137. The topological polar surface area (TPSA) is 41.4 Å². The quantitative estimate of drug-likeness (QED) is 0.823. The van der Waals surface area contributed by atoms with Crippen LogP contribution in [0.2, 0.25) is 5.02 Å². The van der Waals surface area contributed by atoms with Crippen molar-refractivity contribution >= 4 is 17.5 Å². The molecule has 3 rings (SSSR count).